The van der Waals surface area contributed by atoms with Crippen LogP contribution in [0.3, 0.4) is 0 Å². The van der Waals surface area contributed by atoms with Gasteiger partial charge in [0.2, 0.25) is 0 Å². The summed E-state index contributed by atoms with van der Waals surface area (Å²) in [5.41, 5.74) is 4.11. The molecule has 3 rings (SSSR count). The van der Waals surface area contributed by atoms with Crippen LogP contribution in [0, 0.1) is 11.3 Å². The molecule has 19 heavy (non-hydrogen) atoms. The van der Waals surface area contributed by atoms with Gasteiger partial charge in [0.05, 0.1) is 11.6 Å². The molecule has 2 heteroatoms. The van der Waals surface area contributed by atoms with Crippen molar-refractivity contribution in [3.8, 4) is 22.9 Å². The van der Waals surface area contributed by atoms with Gasteiger partial charge < -0.3 is 4.57 Å². The molecule has 0 atom stereocenters. The maximum absolute atomic E-state index is 8.79. The zero-order valence-electron chi connectivity index (χ0n) is 10.3. The quantitative estimate of drug-likeness (QED) is 0.669. The van der Waals surface area contributed by atoms with Crippen LogP contribution < -0.4 is 0 Å². The van der Waals surface area contributed by atoms with Crippen LogP contribution in [0.4, 0.5) is 0 Å². The molecule has 0 spiro atoms. The third-order valence-corrected chi connectivity index (χ3v) is 3.12. The molecule has 0 bridgehead atoms. The fraction of sp³-hybridized carbons (Fsp3) is 0. The smallest absolute Gasteiger partial charge is 0.0991 e. The number of nitrogens with zero attached hydrogens (tertiary/aromatic N) is 2. The van der Waals surface area contributed by atoms with Crippen molar-refractivity contribution in [2.45, 2.75) is 0 Å². The molecule has 1 heterocycles. The first-order valence-corrected chi connectivity index (χ1v) is 6.11. The summed E-state index contributed by atoms with van der Waals surface area (Å²) in [4.78, 5) is 0. The lowest BCUT2D eigenvalue weighted by Crippen LogP contribution is -1.88. The highest BCUT2D eigenvalue weighted by Gasteiger charge is 1.99. The first kappa shape index (κ1) is 11.3. The summed E-state index contributed by atoms with van der Waals surface area (Å²) in [5.74, 6) is 0. The summed E-state index contributed by atoms with van der Waals surface area (Å²) in [7, 11) is 0. The standard InChI is InChI=1S/C17H12N2/c18-13-14-3-5-15(6-4-14)16-7-9-17(10-8-16)19-11-1-2-12-19/h1-12H. The lowest BCUT2D eigenvalue weighted by molar-refractivity contribution is 1.08. The largest absolute Gasteiger partial charge is 0.324 e. The highest BCUT2D eigenvalue weighted by molar-refractivity contribution is 5.65. The molecule has 2 aromatic carbocycles. The molecule has 0 saturated carbocycles. The van der Waals surface area contributed by atoms with Crippen molar-refractivity contribution in [2.75, 3.05) is 0 Å². The van der Waals surface area contributed by atoms with Crippen molar-refractivity contribution in [2.24, 2.45) is 0 Å². The van der Waals surface area contributed by atoms with Gasteiger partial charge in [-0.2, -0.15) is 5.26 Å². The molecular formula is C17H12N2. The van der Waals surface area contributed by atoms with E-state index in [2.05, 4.69) is 34.9 Å². The topological polar surface area (TPSA) is 28.7 Å². The summed E-state index contributed by atoms with van der Waals surface area (Å²) >= 11 is 0. The zero-order valence-corrected chi connectivity index (χ0v) is 10.3. The van der Waals surface area contributed by atoms with Gasteiger partial charge in [-0.15, -0.1) is 0 Å². The molecule has 0 N–H and O–H groups in total. The molecule has 0 amide bonds. The molecule has 2 nitrogen and oxygen atoms in total. The van der Waals surface area contributed by atoms with E-state index in [0.717, 1.165) is 16.8 Å². The van der Waals surface area contributed by atoms with Gasteiger partial charge in [0.25, 0.3) is 0 Å². The van der Waals surface area contributed by atoms with Gasteiger partial charge in [-0.25, -0.2) is 0 Å². The van der Waals surface area contributed by atoms with Crippen LogP contribution in [0.1, 0.15) is 5.56 Å². The molecule has 90 valence electrons. The minimum absolute atomic E-state index is 0.688. The van der Waals surface area contributed by atoms with E-state index in [1.54, 1.807) is 0 Å². The van der Waals surface area contributed by atoms with Crippen LogP contribution in [0.25, 0.3) is 16.8 Å². The van der Waals surface area contributed by atoms with Crippen LogP contribution >= 0.6 is 0 Å². The molecule has 0 saturated heterocycles. The Balaban J connectivity index is 1.92. The molecule has 0 radical (unpaired) electrons. The van der Waals surface area contributed by atoms with E-state index in [0.29, 0.717) is 5.56 Å². The lowest BCUT2D eigenvalue weighted by Gasteiger charge is -2.05. The van der Waals surface area contributed by atoms with E-state index in [-0.39, 0.29) is 0 Å². The molecule has 0 aliphatic heterocycles. The number of nitriles is 1. The van der Waals surface area contributed by atoms with Gasteiger partial charge >= 0.3 is 0 Å². The number of benzene rings is 2. The average molecular weight is 244 g/mol. The summed E-state index contributed by atoms with van der Waals surface area (Å²) in [5, 5.41) is 8.79. The summed E-state index contributed by atoms with van der Waals surface area (Å²) < 4.78 is 2.07. The van der Waals surface area contributed by atoms with E-state index in [9.17, 15) is 0 Å². The highest BCUT2D eigenvalue weighted by atomic mass is 14.9. The molecule has 0 aliphatic rings. The lowest BCUT2D eigenvalue weighted by atomic mass is 10.0. The Labute approximate surface area is 112 Å². The molecule has 0 aliphatic carbocycles. The minimum Gasteiger partial charge on any atom is -0.324 e. The predicted octanol–water partition coefficient (Wildman–Crippen LogP) is 4.02. The number of hydrogen-bond donors (Lipinski definition) is 0. The highest BCUT2D eigenvalue weighted by Crippen LogP contribution is 2.21. The molecule has 1 aromatic heterocycles. The van der Waals surface area contributed by atoms with Crippen molar-refractivity contribution < 1.29 is 0 Å². The van der Waals surface area contributed by atoms with Gasteiger partial charge in [-0.1, -0.05) is 24.3 Å². The van der Waals surface area contributed by atoms with Crippen molar-refractivity contribution in [3.05, 3.63) is 78.6 Å². The number of hydrogen-bond acceptors (Lipinski definition) is 1. The Morgan fingerprint density at radius 3 is 1.79 bits per heavy atom. The van der Waals surface area contributed by atoms with Crippen LogP contribution in [0.15, 0.2) is 73.1 Å². The van der Waals surface area contributed by atoms with Gasteiger partial charge in [-0.3, -0.25) is 0 Å². The van der Waals surface area contributed by atoms with Crippen molar-refractivity contribution in [1.29, 1.82) is 5.26 Å². The third-order valence-electron chi connectivity index (χ3n) is 3.12. The van der Waals surface area contributed by atoms with E-state index < -0.39 is 0 Å². The van der Waals surface area contributed by atoms with E-state index >= 15 is 0 Å². The van der Waals surface area contributed by atoms with Crippen LogP contribution in [-0.4, -0.2) is 4.57 Å². The first-order chi connectivity index (χ1) is 9.36. The van der Waals surface area contributed by atoms with Crippen molar-refractivity contribution >= 4 is 0 Å². The maximum Gasteiger partial charge on any atom is 0.0991 e. The summed E-state index contributed by atoms with van der Waals surface area (Å²) in [6.07, 6.45) is 4.05. The normalized spacial score (nSPS) is 10.1. The Morgan fingerprint density at radius 1 is 0.737 bits per heavy atom. The zero-order chi connectivity index (χ0) is 13.1. The fourth-order valence-electron chi connectivity index (χ4n) is 2.07. The SMILES string of the molecule is N#Cc1ccc(-c2ccc(-n3cccc3)cc2)cc1. The first-order valence-electron chi connectivity index (χ1n) is 6.11. The Morgan fingerprint density at radius 2 is 1.26 bits per heavy atom. The van der Waals surface area contributed by atoms with Crippen LogP contribution in [0.2, 0.25) is 0 Å². The second-order valence-corrected chi connectivity index (χ2v) is 4.33. The molecule has 0 fully saturated rings. The number of aromatic nitrogens is 1. The van der Waals surface area contributed by atoms with E-state index in [1.165, 1.54) is 0 Å². The number of rotatable bonds is 2. The Bertz CT molecular complexity index is 699. The van der Waals surface area contributed by atoms with Crippen LogP contribution in [0.5, 0.6) is 0 Å². The van der Waals surface area contributed by atoms with Gasteiger partial charge in [0.15, 0.2) is 0 Å². The fourth-order valence-corrected chi connectivity index (χ4v) is 2.07. The Kier molecular flexibility index (Phi) is 2.88. The molecule has 0 unspecified atom stereocenters. The second kappa shape index (κ2) is 4.83. The summed E-state index contributed by atoms with van der Waals surface area (Å²) in [6.45, 7) is 0. The van der Waals surface area contributed by atoms with E-state index in [1.807, 2.05) is 48.8 Å². The Hall–Kier alpha value is -2.79. The monoisotopic (exact) mass is 244 g/mol. The summed E-state index contributed by atoms with van der Waals surface area (Å²) in [6, 6.07) is 22.2. The van der Waals surface area contributed by atoms with E-state index in [4.69, 9.17) is 5.26 Å². The van der Waals surface area contributed by atoms with Crippen LogP contribution in [-0.2, 0) is 0 Å². The average Bonchev–Trinajstić information content (AvgIpc) is 3.02. The predicted molar refractivity (Wildman–Crippen MR) is 75.9 cm³/mol. The van der Waals surface area contributed by atoms with Gasteiger partial charge in [0.1, 0.15) is 0 Å². The molecular weight excluding hydrogens is 232 g/mol. The maximum atomic E-state index is 8.79. The van der Waals surface area contributed by atoms with Gasteiger partial charge in [0, 0.05) is 18.1 Å². The second-order valence-electron chi connectivity index (χ2n) is 4.33. The minimum atomic E-state index is 0.688. The van der Waals surface area contributed by atoms with Crippen molar-refractivity contribution in [1.82, 2.24) is 4.57 Å². The van der Waals surface area contributed by atoms with Crippen molar-refractivity contribution in [3.63, 3.8) is 0 Å². The van der Waals surface area contributed by atoms with Gasteiger partial charge in [-0.05, 0) is 47.5 Å². The molecule has 3 aromatic rings. The third kappa shape index (κ3) is 2.27.